The number of aromatic nitrogens is 1. The maximum absolute atomic E-state index is 12.7. The Morgan fingerprint density at radius 3 is 2.50 bits per heavy atom. The number of rotatable bonds is 4. The minimum Gasteiger partial charge on any atom is -0.439 e. The summed E-state index contributed by atoms with van der Waals surface area (Å²) in [5, 5.41) is 6.52. The first kappa shape index (κ1) is 21.9. The maximum atomic E-state index is 12.7. The molecule has 1 atom stereocenters. The van der Waals surface area contributed by atoms with Gasteiger partial charge in [-0.2, -0.15) is 0 Å². The number of hydrogen-bond acceptors (Lipinski definition) is 8. The van der Waals surface area contributed by atoms with Gasteiger partial charge in [0.1, 0.15) is 5.76 Å². The first-order valence-electron chi connectivity index (χ1n) is 11.7. The molecular formula is C26H24N6O4. The van der Waals surface area contributed by atoms with Crippen LogP contribution in [0.15, 0.2) is 78.4 Å². The third-order valence-electron chi connectivity index (χ3n) is 6.90. The average Bonchev–Trinajstić information content (AvgIpc) is 3.49. The van der Waals surface area contributed by atoms with Crippen molar-refractivity contribution in [2.45, 2.75) is 31.3 Å². The van der Waals surface area contributed by atoms with Crippen molar-refractivity contribution in [1.82, 2.24) is 21.0 Å². The molecule has 10 heteroatoms. The van der Waals surface area contributed by atoms with E-state index in [1.807, 2.05) is 18.4 Å². The number of hydrogen-bond donors (Lipinski definition) is 3. The molecule has 2 saturated heterocycles. The minimum absolute atomic E-state index is 0.0569. The summed E-state index contributed by atoms with van der Waals surface area (Å²) in [5.41, 5.74) is 5.80. The van der Waals surface area contributed by atoms with E-state index in [0.717, 1.165) is 11.3 Å². The van der Waals surface area contributed by atoms with E-state index in [1.54, 1.807) is 23.2 Å². The molecule has 1 aliphatic carbocycles. The number of anilines is 2. The van der Waals surface area contributed by atoms with Crippen molar-refractivity contribution < 1.29 is 19.1 Å². The molecule has 6 rings (SSSR count). The number of nitrogens with zero attached hydrogens (tertiary/aromatic N) is 3. The van der Waals surface area contributed by atoms with Crippen LogP contribution in [0.3, 0.4) is 0 Å². The molecule has 0 radical (unpaired) electrons. The zero-order valence-corrected chi connectivity index (χ0v) is 19.5. The van der Waals surface area contributed by atoms with Crippen molar-refractivity contribution in [3.8, 4) is 5.88 Å². The highest BCUT2D eigenvalue weighted by molar-refractivity contribution is 6.24. The fraction of sp³-hybridized carbons (Fsp3) is 0.231. The summed E-state index contributed by atoms with van der Waals surface area (Å²) in [4.78, 5) is 43.0. The monoisotopic (exact) mass is 484 g/mol. The number of barbiturate groups is 1. The standard InChI is InChI=1S/C26H24N6O4/c1-16-3-5-18(6-4-16)32-21-9-8-20(13-17(21)14-28-32)36-22-10-7-19(15-27-22)31-12-2-11-26(31)23(33)29-25(35)30-24(26)34/h3-10,13-15,21,28H,2,11-12H2,1H3,(H2,29,30,33,34,35). The summed E-state index contributed by atoms with van der Waals surface area (Å²) in [5.74, 6) is -0.193. The molecule has 36 heavy (non-hydrogen) atoms. The number of amides is 4. The fourth-order valence-corrected chi connectivity index (χ4v) is 5.09. The van der Waals surface area contributed by atoms with Gasteiger partial charge >= 0.3 is 6.03 Å². The summed E-state index contributed by atoms with van der Waals surface area (Å²) in [6.45, 7) is 2.55. The molecule has 0 bridgehead atoms. The number of hydrazine groups is 1. The molecule has 1 spiro atoms. The van der Waals surface area contributed by atoms with Crippen molar-refractivity contribution in [3.63, 3.8) is 0 Å². The second-order valence-corrected chi connectivity index (χ2v) is 9.14. The highest BCUT2D eigenvalue weighted by atomic mass is 16.5. The topological polar surface area (TPSA) is 116 Å². The number of ether oxygens (including phenoxy) is 1. The van der Waals surface area contributed by atoms with Crippen LogP contribution < -0.4 is 30.7 Å². The van der Waals surface area contributed by atoms with Gasteiger partial charge in [0, 0.05) is 24.4 Å². The van der Waals surface area contributed by atoms with Gasteiger partial charge in [-0.05, 0) is 50.1 Å². The van der Waals surface area contributed by atoms with Gasteiger partial charge in [0.2, 0.25) is 5.88 Å². The lowest BCUT2D eigenvalue weighted by atomic mass is 9.92. The number of fused-ring (bicyclic) bond motifs is 1. The van der Waals surface area contributed by atoms with E-state index >= 15 is 0 Å². The predicted octanol–water partition coefficient (Wildman–Crippen LogP) is 2.20. The van der Waals surface area contributed by atoms with Gasteiger partial charge in [-0.1, -0.05) is 23.8 Å². The first-order valence-corrected chi connectivity index (χ1v) is 11.7. The Kier molecular flexibility index (Phi) is 5.03. The Morgan fingerprint density at radius 2 is 1.78 bits per heavy atom. The number of carbonyl (C=O) groups excluding carboxylic acids is 3. The van der Waals surface area contributed by atoms with Crippen LogP contribution in [-0.4, -0.2) is 41.0 Å². The maximum Gasteiger partial charge on any atom is 0.328 e. The number of nitrogens with one attached hydrogen (secondary N) is 3. The number of benzene rings is 1. The summed E-state index contributed by atoms with van der Waals surface area (Å²) < 4.78 is 5.99. The fourth-order valence-electron chi connectivity index (χ4n) is 5.09. The molecule has 4 aliphatic rings. The normalized spacial score (nSPS) is 22.0. The van der Waals surface area contributed by atoms with E-state index in [0.29, 0.717) is 36.7 Å². The second kappa shape index (κ2) is 8.26. The molecule has 3 N–H and O–H groups in total. The van der Waals surface area contributed by atoms with Crippen LogP contribution in [0.4, 0.5) is 16.2 Å². The Morgan fingerprint density at radius 1 is 1.03 bits per heavy atom. The summed E-state index contributed by atoms with van der Waals surface area (Å²) in [7, 11) is 0. The Labute approximate surface area is 207 Å². The van der Waals surface area contributed by atoms with Gasteiger partial charge in [-0.25, -0.2) is 9.78 Å². The molecule has 1 aromatic carbocycles. The van der Waals surface area contributed by atoms with E-state index < -0.39 is 23.4 Å². The minimum atomic E-state index is -1.45. The molecule has 2 fully saturated rings. The predicted molar refractivity (Wildman–Crippen MR) is 132 cm³/mol. The van der Waals surface area contributed by atoms with Gasteiger partial charge in [-0.3, -0.25) is 25.2 Å². The molecule has 3 aliphatic heterocycles. The van der Waals surface area contributed by atoms with E-state index in [-0.39, 0.29) is 6.04 Å². The number of aryl methyl sites for hydroxylation is 1. The van der Waals surface area contributed by atoms with Gasteiger partial charge in [0.25, 0.3) is 11.8 Å². The van der Waals surface area contributed by atoms with Crippen molar-refractivity contribution in [2.24, 2.45) is 0 Å². The Hall–Kier alpha value is -4.60. The SMILES string of the molecule is Cc1ccc(N2NC=C3C=C(Oc4ccc(N5CCCC56C(=O)NC(=O)NC6=O)cn4)C=CC32)cc1. The molecule has 0 saturated carbocycles. The number of carbonyl (C=O) groups is 3. The highest BCUT2D eigenvalue weighted by Gasteiger charge is 2.57. The number of imide groups is 2. The number of allylic oxidation sites excluding steroid dienone is 1. The van der Waals surface area contributed by atoms with Crippen LogP contribution in [0, 0.1) is 6.92 Å². The number of pyridine rings is 1. The van der Waals surface area contributed by atoms with Crippen LogP contribution >= 0.6 is 0 Å². The van der Waals surface area contributed by atoms with E-state index in [2.05, 4.69) is 63.3 Å². The molecule has 182 valence electrons. The second-order valence-electron chi connectivity index (χ2n) is 9.14. The molecule has 4 heterocycles. The first-order chi connectivity index (χ1) is 17.4. The van der Waals surface area contributed by atoms with Gasteiger partial charge < -0.3 is 15.1 Å². The third-order valence-corrected chi connectivity index (χ3v) is 6.90. The van der Waals surface area contributed by atoms with Crippen molar-refractivity contribution >= 4 is 29.2 Å². The number of urea groups is 1. The quantitative estimate of drug-likeness (QED) is 0.566. The van der Waals surface area contributed by atoms with Crippen LogP contribution in [-0.2, 0) is 9.59 Å². The van der Waals surface area contributed by atoms with Crippen LogP contribution in [0.2, 0.25) is 0 Å². The molecule has 10 nitrogen and oxygen atoms in total. The Bertz CT molecular complexity index is 1330. The van der Waals surface area contributed by atoms with Gasteiger partial charge in [0.15, 0.2) is 5.54 Å². The van der Waals surface area contributed by atoms with Crippen LogP contribution in [0.1, 0.15) is 18.4 Å². The van der Waals surface area contributed by atoms with Crippen LogP contribution in [0.25, 0.3) is 0 Å². The molecule has 2 aromatic rings. The summed E-state index contributed by atoms with van der Waals surface area (Å²) in [6.07, 6.45) is 10.4. The van der Waals surface area contributed by atoms with Crippen molar-refractivity contribution in [1.29, 1.82) is 0 Å². The van der Waals surface area contributed by atoms with E-state index in [1.165, 1.54) is 5.56 Å². The zero-order chi connectivity index (χ0) is 24.9. The Balaban J connectivity index is 1.16. The van der Waals surface area contributed by atoms with E-state index in [9.17, 15) is 14.4 Å². The smallest absolute Gasteiger partial charge is 0.328 e. The van der Waals surface area contributed by atoms with Crippen molar-refractivity contribution in [3.05, 3.63) is 83.9 Å². The highest BCUT2D eigenvalue weighted by Crippen LogP contribution is 2.36. The van der Waals surface area contributed by atoms with E-state index in [4.69, 9.17) is 4.74 Å². The summed E-state index contributed by atoms with van der Waals surface area (Å²) in [6, 6.07) is 11.0. The van der Waals surface area contributed by atoms with Crippen molar-refractivity contribution in [2.75, 3.05) is 16.5 Å². The summed E-state index contributed by atoms with van der Waals surface area (Å²) >= 11 is 0. The lowest BCUT2D eigenvalue weighted by Gasteiger charge is -2.38. The lowest BCUT2D eigenvalue weighted by Crippen LogP contribution is -2.71. The lowest BCUT2D eigenvalue weighted by molar-refractivity contribution is -0.137. The third kappa shape index (κ3) is 3.49. The average molecular weight is 485 g/mol. The largest absolute Gasteiger partial charge is 0.439 e. The zero-order valence-electron chi connectivity index (χ0n) is 19.5. The van der Waals surface area contributed by atoms with Crippen LogP contribution in [0.5, 0.6) is 5.88 Å². The van der Waals surface area contributed by atoms with Gasteiger partial charge in [-0.15, -0.1) is 0 Å². The van der Waals surface area contributed by atoms with Gasteiger partial charge in [0.05, 0.1) is 23.6 Å². The molecule has 1 unspecified atom stereocenters. The molecule has 4 amide bonds. The molecule has 1 aromatic heterocycles. The molecular weight excluding hydrogens is 460 g/mol.